The molecule has 2 rings (SSSR count). The van der Waals surface area contributed by atoms with Crippen LogP contribution in [0, 0.1) is 0 Å². The fraction of sp³-hybridized carbons (Fsp3) is 0.333. The Morgan fingerprint density at radius 1 is 1.71 bits per heavy atom. The number of carboxylic acids is 1. The minimum Gasteiger partial charge on any atom is -0.480 e. The molecule has 0 amide bonds. The molecule has 1 unspecified atom stereocenters. The number of nitrogens with zero attached hydrogens (tertiary/aromatic N) is 3. The van der Waals surface area contributed by atoms with Gasteiger partial charge in [0.15, 0.2) is 0 Å². The standard InChI is InChI=1S/C9H9N3O3S2/c1-5(8(14)15)16-3-6-2-7(13)12-9(11-6)17-4-10-12/h2,4-5H,3H2,1H3,(H,14,15). The van der Waals surface area contributed by atoms with Gasteiger partial charge in [-0.1, -0.05) is 11.3 Å². The first-order chi connectivity index (χ1) is 8.08. The summed E-state index contributed by atoms with van der Waals surface area (Å²) in [7, 11) is 0. The lowest BCUT2D eigenvalue weighted by molar-refractivity contribution is -0.136. The van der Waals surface area contributed by atoms with E-state index in [4.69, 9.17) is 5.11 Å². The van der Waals surface area contributed by atoms with Crippen molar-refractivity contribution in [1.82, 2.24) is 14.6 Å². The predicted molar refractivity (Wildman–Crippen MR) is 65.5 cm³/mol. The van der Waals surface area contributed by atoms with Gasteiger partial charge in [-0.05, 0) is 6.92 Å². The Hall–Kier alpha value is -1.41. The number of aromatic nitrogens is 3. The van der Waals surface area contributed by atoms with E-state index >= 15 is 0 Å². The zero-order valence-corrected chi connectivity index (χ0v) is 10.5. The summed E-state index contributed by atoms with van der Waals surface area (Å²) in [5.41, 5.74) is 1.88. The molecular weight excluding hydrogens is 262 g/mol. The lowest BCUT2D eigenvalue weighted by Gasteiger charge is -2.04. The van der Waals surface area contributed by atoms with Crippen LogP contribution in [0.3, 0.4) is 0 Å². The number of fused-ring (bicyclic) bond motifs is 1. The fourth-order valence-electron chi connectivity index (χ4n) is 1.16. The van der Waals surface area contributed by atoms with Gasteiger partial charge >= 0.3 is 5.97 Å². The molecule has 1 atom stereocenters. The zero-order valence-electron chi connectivity index (χ0n) is 8.86. The first-order valence-electron chi connectivity index (χ1n) is 4.75. The van der Waals surface area contributed by atoms with Gasteiger partial charge in [0, 0.05) is 11.8 Å². The Morgan fingerprint density at radius 2 is 2.47 bits per heavy atom. The van der Waals surface area contributed by atoms with E-state index in [9.17, 15) is 9.59 Å². The Morgan fingerprint density at radius 3 is 3.18 bits per heavy atom. The molecule has 0 aromatic carbocycles. The molecule has 6 nitrogen and oxygen atoms in total. The van der Waals surface area contributed by atoms with Crippen LogP contribution < -0.4 is 5.56 Å². The molecule has 2 aromatic heterocycles. The summed E-state index contributed by atoms with van der Waals surface area (Å²) < 4.78 is 1.22. The van der Waals surface area contributed by atoms with Crippen molar-refractivity contribution in [2.45, 2.75) is 17.9 Å². The minimum atomic E-state index is -0.870. The van der Waals surface area contributed by atoms with Crippen molar-refractivity contribution in [3.8, 4) is 0 Å². The monoisotopic (exact) mass is 271 g/mol. The Bertz CT molecular complexity index is 607. The lowest BCUT2D eigenvalue weighted by atomic mass is 10.4. The summed E-state index contributed by atoms with van der Waals surface area (Å²) in [5.74, 6) is -0.470. The topological polar surface area (TPSA) is 84.6 Å². The summed E-state index contributed by atoms with van der Waals surface area (Å²) in [6.45, 7) is 1.60. The highest BCUT2D eigenvalue weighted by Crippen LogP contribution is 2.16. The van der Waals surface area contributed by atoms with Crippen LogP contribution in [-0.2, 0) is 10.5 Å². The number of carboxylic acid groups (broad SMARTS) is 1. The van der Waals surface area contributed by atoms with Gasteiger partial charge in [0.05, 0.1) is 10.9 Å². The molecule has 0 fully saturated rings. The second-order valence-corrected chi connectivity index (χ2v) is 5.45. The van der Waals surface area contributed by atoms with Gasteiger partial charge < -0.3 is 5.11 Å². The molecule has 0 bridgehead atoms. The van der Waals surface area contributed by atoms with E-state index in [0.29, 0.717) is 16.4 Å². The van der Waals surface area contributed by atoms with E-state index in [-0.39, 0.29) is 5.56 Å². The van der Waals surface area contributed by atoms with Gasteiger partial charge in [-0.25, -0.2) is 4.98 Å². The van der Waals surface area contributed by atoms with Crippen molar-refractivity contribution < 1.29 is 9.90 Å². The highest BCUT2D eigenvalue weighted by Gasteiger charge is 2.12. The maximum atomic E-state index is 11.6. The van der Waals surface area contributed by atoms with Crippen molar-refractivity contribution in [2.24, 2.45) is 0 Å². The molecular formula is C9H9N3O3S2. The van der Waals surface area contributed by atoms with Crippen LogP contribution in [0.1, 0.15) is 12.6 Å². The smallest absolute Gasteiger partial charge is 0.316 e. The van der Waals surface area contributed by atoms with E-state index in [1.54, 1.807) is 12.4 Å². The summed E-state index contributed by atoms with van der Waals surface area (Å²) in [6.07, 6.45) is 0. The molecule has 0 aliphatic heterocycles. The second kappa shape index (κ2) is 4.84. The average molecular weight is 271 g/mol. The van der Waals surface area contributed by atoms with Gasteiger partial charge in [-0.3, -0.25) is 9.59 Å². The van der Waals surface area contributed by atoms with Crippen LogP contribution in [0.5, 0.6) is 0 Å². The zero-order chi connectivity index (χ0) is 12.4. The number of hydrogen-bond donors (Lipinski definition) is 1. The van der Waals surface area contributed by atoms with Gasteiger partial charge in [0.2, 0.25) is 4.96 Å². The lowest BCUT2D eigenvalue weighted by Crippen LogP contribution is -2.16. The van der Waals surface area contributed by atoms with Crippen molar-refractivity contribution in [3.63, 3.8) is 0 Å². The molecule has 2 aromatic rings. The Kier molecular flexibility index (Phi) is 3.43. The molecule has 8 heteroatoms. The molecule has 0 saturated heterocycles. The third kappa shape index (κ3) is 2.64. The molecule has 1 N–H and O–H groups in total. The van der Waals surface area contributed by atoms with Crippen molar-refractivity contribution >= 4 is 34.0 Å². The maximum Gasteiger partial charge on any atom is 0.316 e. The fourth-order valence-corrected chi connectivity index (χ4v) is 2.51. The highest BCUT2D eigenvalue weighted by molar-refractivity contribution is 7.99. The molecule has 0 spiro atoms. The quantitative estimate of drug-likeness (QED) is 0.887. The minimum absolute atomic E-state index is 0.241. The average Bonchev–Trinajstić information content (AvgIpc) is 2.74. The van der Waals surface area contributed by atoms with Crippen LogP contribution in [0.15, 0.2) is 16.4 Å². The summed E-state index contributed by atoms with van der Waals surface area (Å²) in [5, 5.41) is 12.1. The van der Waals surface area contributed by atoms with Crippen LogP contribution in [-0.4, -0.2) is 30.9 Å². The maximum absolute atomic E-state index is 11.6. The number of aliphatic carboxylic acids is 1. The Labute approximate surface area is 104 Å². The number of hydrogen-bond acceptors (Lipinski definition) is 6. The van der Waals surface area contributed by atoms with Crippen LogP contribution in [0.25, 0.3) is 4.96 Å². The summed E-state index contributed by atoms with van der Waals surface area (Å²) in [4.78, 5) is 27.0. The highest BCUT2D eigenvalue weighted by atomic mass is 32.2. The van der Waals surface area contributed by atoms with Gasteiger partial charge in [-0.2, -0.15) is 9.61 Å². The van der Waals surface area contributed by atoms with Crippen LogP contribution in [0.2, 0.25) is 0 Å². The number of rotatable bonds is 4. The SMILES string of the molecule is CC(SCc1cc(=O)n2ncsc2n1)C(=O)O. The first-order valence-corrected chi connectivity index (χ1v) is 6.67. The first kappa shape index (κ1) is 12.1. The van der Waals surface area contributed by atoms with Gasteiger partial charge in [0.1, 0.15) is 5.51 Å². The van der Waals surface area contributed by atoms with Crippen LogP contribution >= 0.6 is 23.1 Å². The predicted octanol–water partition coefficient (Wildman–Crippen LogP) is 0.857. The van der Waals surface area contributed by atoms with Gasteiger partial charge in [-0.15, -0.1) is 11.8 Å². The third-order valence-electron chi connectivity index (χ3n) is 2.07. The van der Waals surface area contributed by atoms with Gasteiger partial charge in [0.25, 0.3) is 5.56 Å². The molecule has 17 heavy (non-hydrogen) atoms. The van der Waals surface area contributed by atoms with E-state index in [0.717, 1.165) is 0 Å². The number of thioether (sulfide) groups is 1. The van der Waals surface area contributed by atoms with E-state index in [2.05, 4.69) is 10.1 Å². The molecule has 2 heterocycles. The summed E-state index contributed by atoms with van der Waals surface area (Å²) >= 11 is 2.50. The second-order valence-electron chi connectivity index (χ2n) is 3.31. The largest absolute Gasteiger partial charge is 0.480 e. The third-order valence-corrected chi connectivity index (χ3v) is 3.91. The molecule has 0 aliphatic carbocycles. The van der Waals surface area contributed by atoms with E-state index < -0.39 is 11.2 Å². The normalized spacial score (nSPS) is 12.8. The van der Waals surface area contributed by atoms with E-state index in [1.807, 2.05) is 0 Å². The summed E-state index contributed by atoms with van der Waals surface area (Å²) in [6, 6.07) is 1.38. The number of carbonyl (C=O) groups is 1. The van der Waals surface area contributed by atoms with Crippen molar-refractivity contribution in [3.05, 3.63) is 27.6 Å². The molecule has 0 saturated carbocycles. The van der Waals surface area contributed by atoms with Crippen molar-refractivity contribution in [2.75, 3.05) is 0 Å². The Balaban J connectivity index is 2.19. The van der Waals surface area contributed by atoms with Crippen molar-refractivity contribution in [1.29, 1.82) is 0 Å². The molecule has 0 aliphatic rings. The van der Waals surface area contributed by atoms with Crippen LogP contribution in [0.4, 0.5) is 0 Å². The molecule has 0 radical (unpaired) electrons. The molecule has 90 valence electrons. The van der Waals surface area contributed by atoms with E-state index in [1.165, 1.54) is 33.7 Å².